The normalized spacial score (nSPS) is 11.0. The fraction of sp³-hybridized carbons (Fsp3) is 0.438. The second kappa shape index (κ2) is 7.81. The summed E-state index contributed by atoms with van der Waals surface area (Å²) in [7, 11) is 3.60. The average molecular weight is 289 g/mol. The third kappa shape index (κ3) is 4.31. The monoisotopic (exact) mass is 289 g/mol. The number of rotatable bonds is 8. The van der Waals surface area contributed by atoms with Crippen LogP contribution in [0.1, 0.15) is 12.0 Å². The van der Waals surface area contributed by atoms with Crippen molar-refractivity contribution in [1.29, 1.82) is 0 Å². The van der Waals surface area contributed by atoms with E-state index in [4.69, 9.17) is 4.74 Å². The first-order valence-electron chi connectivity index (χ1n) is 7.22. The number of amides is 1. The van der Waals surface area contributed by atoms with Gasteiger partial charge in [-0.15, -0.1) is 0 Å². The first kappa shape index (κ1) is 15.5. The molecule has 5 nitrogen and oxygen atoms in total. The summed E-state index contributed by atoms with van der Waals surface area (Å²) in [5.41, 5.74) is 2.33. The zero-order valence-electron chi connectivity index (χ0n) is 12.7. The largest absolute Gasteiger partial charge is 0.385 e. The number of nitrogens with zero attached hydrogens (tertiary/aromatic N) is 1. The first-order valence-corrected chi connectivity index (χ1v) is 7.22. The Morgan fingerprint density at radius 3 is 2.95 bits per heavy atom. The molecular formula is C16H23N3O2. The molecule has 2 rings (SSSR count). The molecule has 0 fully saturated rings. The average Bonchev–Trinajstić information content (AvgIpc) is 2.86. The maximum atomic E-state index is 11.9. The number of fused-ring (bicyclic) bond motifs is 1. The van der Waals surface area contributed by atoms with Crippen molar-refractivity contribution in [3.63, 3.8) is 0 Å². The van der Waals surface area contributed by atoms with Gasteiger partial charge in [0.15, 0.2) is 0 Å². The lowest BCUT2D eigenvalue weighted by atomic mass is 10.1. The second-order valence-electron chi connectivity index (χ2n) is 5.06. The van der Waals surface area contributed by atoms with Crippen molar-refractivity contribution in [1.82, 2.24) is 15.2 Å². The Labute approximate surface area is 125 Å². The van der Waals surface area contributed by atoms with Crippen LogP contribution in [0, 0.1) is 0 Å². The molecule has 0 radical (unpaired) electrons. The molecule has 0 atom stereocenters. The van der Waals surface area contributed by atoms with Gasteiger partial charge in [0, 0.05) is 38.5 Å². The number of ether oxygens (including phenoxy) is 1. The van der Waals surface area contributed by atoms with E-state index in [0.29, 0.717) is 19.7 Å². The number of carbonyl (C=O) groups is 1. The second-order valence-corrected chi connectivity index (χ2v) is 5.06. The molecule has 0 spiro atoms. The van der Waals surface area contributed by atoms with Gasteiger partial charge in [-0.1, -0.05) is 6.07 Å². The molecule has 0 bridgehead atoms. The van der Waals surface area contributed by atoms with Gasteiger partial charge in [0.25, 0.3) is 0 Å². The number of hydrogen-bond donors (Lipinski definition) is 2. The van der Waals surface area contributed by atoms with Crippen LogP contribution in [0.4, 0.5) is 0 Å². The fourth-order valence-corrected chi connectivity index (χ4v) is 2.36. The number of methoxy groups -OCH3 is 1. The lowest BCUT2D eigenvalue weighted by Crippen LogP contribution is -2.28. The van der Waals surface area contributed by atoms with Crippen LogP contribution in [0.3, 0.4) is 0 Å². The van der Waals surface area contributed by atoms with E-state index in [-0.39, 0.29) is 5.91 Å². The van der Waals surface area contributed by atoms with Crippen LogP contribution in [0.15, 0.2) is 30.5 Å². The summed E-state index contributed by atoms with van der Waals surface area (Å²) in [6.07, 6.45) is 2.80. The zero-order valence-corrected chi connectivity index (χ0v) is 12.7. The van der Waals surface area contributed by atoms with Gasteiger partial charge in [-0.05, 0) is 42.6 Å². The molecule has 1 aromatic heterocycles. The summed E-state index contributed by atoms with van der Waals surface area (Å²) < 4.78 is 6.93. The molecule has 0 saturated heterocycles. The Balaban J connectivity index is 1.97. The van der Waals surface area contributed by atoms with Crippen LogP contribution in [-0.4, -0.2) is 37.8 Å². The van der Waals surface area contributed by atoms with Crippen LogP contribution in [-0.2, 0) is 22.6 Å². The first-order chi connectivity index (χ1) is 10.2. The summed E-state index contributed by atoms with van der Waals surface area (Å²) in [5.74, 6) is 0.0305. The highest BCUT2D eigenvalue weighted by molar-refractivity contribution is 5.83. The lowest BCUT2D eigenvalue weighted by Gasteiger charge is -2.08. The van der Waals surface area contributed by atoms with Crippen LogP contribution in [0.25, 0.3) is 10.9 Å². The minimum atomic E-state index is 0.0305. The standard InChI is InChI=1S/C16H23N3O2/c1-17-11-13-4-5-15-14(10-13)6-8-19(15)12-16(20)18-7-3-9-21-2/h4-6,8,10,17H,3,7,9,11-12H2,1-2H3,(H,18,20). The molecule has 114 valence electrons. The Hall–Kier alpha value is -1.85. The van der Waals surface area contributed by atoms with E-state index in [0.717, 1.165) is 23.9 Å². The van der Waals surface area contributed by atoms with Gasteiger partial charge >= 0.3 is 0 Å². The number of benzene rings is 1. The fourth-order valence-electron chi connectivity index (χ4n) is 2.36. The van der Waals surface area contributed by atoms with Crippen LogP contribution < -0.4 is 10.6 Å². The Kier molecular flexibility index (Phi) is 5.78. The summed E-state index contributed by atoms with van der Waals surface area (Å²) in [5, 5.41) is 7.20. The van der Waals surface area contributed by atoms with Gasteiger partial charge < -0.3 is 19.9 Å². The Morgan fingerprint density at radius 2 is 2.19 bits per heavy atom. The maximum Gasteiger partial charge on any atom is 0.239 e. The summed E-state index contributed by atoms with van der Waals surface area (Å²) >= 11 is 0. The molecule has 1 heterocycles. The lowest BCUT2D eigenvalue weighted by molar-refractivity contribution is -0.121. The topological polar surface area (TPSA) is 55.3 Å². The predicted octanol–water partition coefficient (Wildman–Crippen LogP) is 1.51. The van der Waals surface area contributed by atoms with Crippen molar-refractivity contribution in [3.8, 4) is 0 Å². The summed E-state index contributed by atoms with van der Waals surface area (Å²) in [4.78, 5) is 11.9. The molecule has 0 aliphatic heterocycles. The number of aromatic nitrogens is 1. The van der Waals surface area contributed by atoms with E-state index in [9.17, 15) is 4.79 Å². The van der Waals surface area contributed by atoms with Gasteiger partial charge in [-0.2, -0.15) is 0 Å². The maximum absolute atomic E-state index is 11.9. The smallest absolute Gasteiger partial charge is 0.239 e. The van der Waals surface area contributed by atoms with Crippen LogP contribution >= 0.6 is 0 Å². The quantitative estimate of drug-likeness (QED) is 0.724. The van der Waals surface area contributed by atoms with E-state index < -0.39 is 0 Å². The third-order valence-corrected chi connectivity index (χ3v) is 3.38. The Morgan fingerprint density at radius 1 is 1.33 bits per heavy atom. The van der Waals surface area contributed by atoms with E-state index in [1.807, 2.05) is 23.9 Å². The SMILES string of the molecule is CNCc1ccc2c(ccn2CC(=O)NCCCOC)c1. The van der Waals surface area contributed by atoms with Gasteiger partial charge in [0.2, 0.25) is 5.91 Å². The van der Waals surface area contributed by atoms with E-state index >= 15 is 0 Å². The van der Waals surface area contributed by atoms with Crippen molar-refractivity contribution in [2.75, 3.05) is 27.3 Å². The minimum absolute atomic E-state index is 0.0305. The van der Waals surface area contributed by atoms with Gasteiger partial charge in [0.05, 0.1) is 0 Å². The van der Waals surface area contributed by atoms with E-state index in [1.165, 1.54) is 5.56 Å². The van der Waals surface area contributed by atoms with Crippen molar-refractivity contribution in [3.05, 3.63) is 36.0 Å². The third-order valence-electron chi connectivity index (χ3n) is 3.38. The molecule has 5 heteroatoms. The van der Waals surface area contributed by atoms with Crippen molar-refractivity contribution in [2.24, 2.45) is 0 Å². The zero-order chi connectivity index (χ0) is 15.1. The number of hydrogen-bond acceptors (Lipinski definition) is 3. The van der Waals surface area contributed by atoms with E-state index in [2.05, 4.69) is 28.8 Å². The van der Waals surface area contributed by atoms with Gasteiger partial charge in [-0.25, -0.2) is 0 Å². The molecule has 2 N–H and O–H groups in total. The molecule has 2 aromatic rings. The summed E-state index contributed by atoms with van der Waals surface area (Å²) in [6, 6.07) is 8.36. The Bertz CT molecular complexity index is 592. The minimum Gasteiger partial charge on any atom is -0.385 e. The number of carbonyl (C=O) groups excluding carboxylic acids is 1. The molecule has 1 amide bonds. The molecule has 0 saturated carbocycles. The molecule has 0 aliphatic carbocycles. The molecule has 0 unspecified atom stereocenters. The molecular weight excluding hydrogens is 266 g/mol. The van der Waals surface area contributed by atoms with E-state index in [1.54, 1.807) is 7.11 Å². The highest BCUT2D eigenvalue weighted by atomic mass is 16.5. The van der Waals surface area contributed by atoms with Crippen molar-refractivity contribution < 1.29 is 9.53 Å². The van der Waals surface area contributed by atoms with Crippen molar-refractivity contribution in [2.45, 2.75) is 19.5 Å². The molecule has 0 aliphatic rings. The highest BCUT2D eigenvalue weighted by Gasteiger charge is 2.06. The van der Waals surface area contributed by atoms with Crippen molar-refractivity contribution >= 4 is 16.8 Å². The summed E-state index contributed by atoms with van der Waals surface area (Å²) in [6.45, 7) is 2.52. The van der Waals surface area contributed by atoms with Crippen LogP contribution in [0.2, 0.25) is 0 Å². The van der Waals surface area contributed by atoms with Crippen LogP contribution in [0.5, 0.6) is 0 Å². The molecule has 21 heavy (non-hydrogen) atoms. The predicted molar refractivity (Wildman–Crippen MR) is 84.2 cm³/mol. The number of nitrogens with one attached hydrogen (secondary N) is 2. The van der Waals surface area contributed by atoms with Gasteiger partial charge in [-0.3, -0.25) is 4.79 Å². The highest BCUT2D eigenvalue weighted by Crippen LogP contribution is 2.17. The van der Waals surface area contributed by atoms with Gasteiger partial charge in [0.1, 0.15) is 6.54 Å². The molecule has 1 aromatic carbocycles.